The fraction of sp³-hybridized carbons (Fsp3) is 0.583. The maximum absolute atomic E-state index is 13.4. The third-order valence-corrected chi connectivity index (χ3v) is 7.16. The zero-order valence-corrected chi connectivity index (χ0v) is 19.0. The Hall–Kier alpha value is -2.04. The van der Waals surface area contributed by atoms with Crippen LogP contribution in [0, 0.1) is 17.8 Å². The van der Waals surface area contributed by atoms with Crippen LogP contribution in [0.3, 0.4) is 0 Å². The number of esters is 1. The van der Waals surface area contributed by atoms with Crippen molar-refractivity contribution < 1.29 is 14.1 Å². The summed E-state index contributed by atoms with van der Waals surface area (Å²) in [6, 6.07) is 10.4. The van der Waals surface area contributed by atoms with Gasteiger partial charge in [-0.25, -0.2) is 0 Å². The summed E-state index contributed by atoms with van der Waals surface area (Å²) in [4.78, 5) is 13.4. The van der Waals surface area contributed by atoms with Crippen LogP contribution in [0.5, 0.6) is 0 Å². The number of carbonyl (C=O) groups is 1. The second-order valence-corrected chi connectivity index (χ2v) is 9.75. The Balaban J connectivity index is 1.79. The minimum Gasteiger partial charge on any atom is -0.464 e. The highest BCUT2D eigenvalue weighted by Crippen LogP contribution is 2.36. The van der Waals surface area contributed by atoms with Crippen molar-refractivity contribution in [1.29, 1.82) is 0 Å². The predicted molar refractivity (Wildman–Crippen MR) is 120 cm³/mol. The Bertz CT molecular complexity index is 783. The number of carbonyl (C=O) groups excluding carboxylic acids is 1. The van der Waals surface area contributed by atoms with Gasteiger partial charge in [-0.15, -0.1) is 0 Å². The molecule has 4 atom stereocenters. The van der Waals surface area contributed by atoms with Gasteiger partial charge < -0.3 is 4.74 Å². The van der Waals surface area contributed by atoms with Crippen LogP contribution in [0.4, 0.5) is 0 Å². The number of nitrogens with zero attached hydrogens (tertiary/aromatic N) is 2. The summed E-state index contributed by atoms with van der Waals surface area (Å²) in [5.74, 6) is 1.63. The molecular formula is C24H37BN2O2. The summed E-state index contributed by atoms with van der Waals surface area (Å²) in [7, 11) is 3.45. The highest BCUT2D eigenvalue weighted by molar-refractivity contribution is 6.56. The number of benzene rings is 1. The van der Waals surface area contributed by atoms with E-state index in [2.05, 4.69) is 80.7 Å². The number of aryl methyl sites for hydroxylation is 2. The van der Waals surface area contributed by atoms with Gasteiger partial charge in [0, 0.05) is 0 Å². The molecule has 0 amide bonds. The molecule has 1 aromatic carbocycles. The first kappa shape index (κ1) is 21.7. The summed E-state index contributed by atoms with van der Waals surface area (Å²) in [6.45, 7) is 6.82. The summed E-state index contributed by atoms with van der Waals surface area (Å²) < 4.78 is 10.6. The van der Waals surface area contributed by atoms with Gasteiger partial charge >= 0.3 is 0 Å². The minimum atomic E-state index is -0.696. The first-order valence-corrected chi connectivity index (χ1v) is 11.4. The maximum atomic E-state index is 13.4. The molecule has 1 aliphatic carbocycles. The molecule has 1 saturated carbocycles. The highest BCUT2D eigenvalue weighted by Gasteiger charge is 2.34. The molecule has 1 aliphatic rings. The van der Waals surface area contributed by atoms with Crippen molar-refractivity contribution in [2.75, 3.05) is 0 Å². The number of imidazole rings is 1. The Kier molecular flexibility index (Phi) is 7.21. The van der Waals surface area contributed by atoms with Crippen molar-refractivity contribution >= 4 is 19.0 Å². The van der Waals surface area contributed by atoms with Crippen molar-refractivity contribution in [3.63, 3.8) is 0 Å². The lowest BCUT2D eigenvalue weighted by Crippen LogP contribution is -2.52. The van der Waals surface area contributed by atoms with Crippen LogP contribution in [0.15, 0.2) is 42.7 Å². The number of ether oxygens (including phenoxy) is 1. The summed E-state index contributed by atoms with van der Waals surface area (Å²) in [6.07, 6.45) is 8.39. The van der Waals surface area contributed by atoms with Gasteiger partial charge in [-0.3, -0.25) is 13.9 Å². The third-order valence-electron chi connectivity index (χ3n) is 7.16. The van der Waals surface area contributed by atoms with Gasteiger partial charge in [0.1, 0.15) is 25.8 Å². The number of rotatable bonds is 7. The van der Waals surface area contributed by atoms with Crippen molar-refractivity contribution in [2.24, 2.45) is 31.8 Å². The van der Waals surface area contributed by atoms with Crippen LogP contribution in [0.2, 0.25) is 5.82 Å². The van der Waals surface area contributed by atoms with E-state index in [0.29, 0.717) is 17.8 Å². The van der Waals surface area contributed by atoms with E-state index in [4.69, 9.17) is 4.74 Å². The van der Waals surface area contributed by atoms with E-state index in [0.717, 1.165) is 12.8 Å². The Labute approximate surface area is 176 Å². The van der Waals surface area contributed by atoms with Crippen LogP contribution in [-0.2, 0) is 30.0 Å². The van der Waals surface area contributed by atoms with Crippen LogP contribution in [0.1, 0.15) is 45.6 Å². The monoisotopic (exact) mass is 396 g/mol. The zero-order chi connectivity index (χ0) is 21.0. The summed E-state index contributed by atoms with van der Waals surface area (Å²) in [5.41, 5.74) is 2.48. The van der Waals surface area contributed by atoms with E-state index in [1.165, 1.54) is 24.1 Å². The van der Waals surface area contributed by atoms with Gasteiger partial charge in [-0.1, -0.05) is 68.9 Å². The molecule has 1 fully saturated rings. The Morgan fingerprint density at radius 1 is 1.28 bits per heavy atom. The maximum Gasteiger partial charge on any atom is 0.274 e. The van der Waals surface area contributed by atoms with Gasteiger partial charge in [-0.05, 0) is 37.0 Å². The molecule has 0 bridgehead atoms. The smallest absolute Gasteiger partial charge is 0.274 e. The molecule has 0 saturated heterocycles. The lowest BCUT2D eigenvalue weighted by atomic mass is 9.61. The van der Waals surface area contributed by atoms with Crippen LogP contribution < -0.4 is 10.3 Å². The molecule has 5 heteroatoms. The predicted octanol–water partition coefficient (Wildman–Crippen LogP) is 2.68. The fourth-order valence-electron chi connectivity index (χ4n) is 5.17. The third kappa shape index (κ3) is 5.52. The van der Waals surface area contributed by atoms with Crippen molar-refractivity contribution in [3.05, 3.63) is 48.3 Å². The van der Waals surface area contributed by atoms with E-state index in [-0.39, 0.29) is 17.9 Å². The SMILES string of the molecule is CC(C)[C@@H]1CC[C@@H](C)C[C@H]1OC(=O)[C@H]([BH2-]c1n(C)cc[n+]1C)Cc1ccccc1. The van der Waals surface area contributed by atoms with Crippen molar-refractivity contribution in [1.82, 2.24) is 4.57 Å². The molecule has 2 aromatic rings. The van der Waals surface area contributed by atoms with Crippen LogP contribution in [-0.4, -0.2) is 23.9 Å². The summed E-state index contributed by atoms with van der Waals surface area (Å²) in [5, 5.41) is 0. The molecule has 1 aromatic heterocycles. The normalized spacial score (nSPS) is 23.2. The lowest BCUT2D eigenvalue weighted by Gasteiger charge is -2.37. The standard InChI is InChI=1S/C24H37BN2O2/c1-17(2)20-12-11-18(3)15-22(20)29-23(28)21(16-19-9-7-6-8-10-19)25-24-26(4)13-14-27(24)5/h6-10,13-14,17-18,20-22H,11-12,15-16,25H2,1-5H3/t18-,20+,21-,22-/m1/s1. The topological polar surface area (TPSA) is 35.1 Å². The van der Waals surface area contributed by atoms with E-state index in [1.807, 2.05) is 6.07 Å². The molecule has 0 radical (unpaired) electrons. The quantitative estimate of drug-likeness (QED) is 0.410. The van der Waals surface area contributed by atoms with Gasteiger partial charge in [0.05, 0.1) is 19.8 Å². The van der Waals surface area contributed by atoms with E-state index in [1.54, 1.807) is 0 Å². The van der Waals surface area contributed by atoms with E-state index in [9.17, 15) is 4.79 Å². The molecule has 0 aliphatic heterocycles. The average molecular weight is 396 g/mol. The van der Waals surface area contributed by atoms with Gasteiger partial charge in [0.25, 0.3) is 5.97 Å². The van der Waals surface area contributed by atoms with E-state index >= 15 is 0 Å². The van der Waals surface area contributed by atoms with Crippen LogP contribution >= 0.6 is 0 Å². The fourth-order valence-corrected chi connectivity index (χ4v) is 5.17. The van der Waals surface area contributed by atoms with Gasteiger partial charge in [0.15, 0.2) is 0 Å². The van der Waals surface area contributed by atoms with Crippen molar-refractivity contribution in [2.45, 2.75) is 58.4 Å². The molecule has 1 heterocycles. The van der Waals surface area contributed by atoms with E-state index < -0.39 is 7.28 Å². The Morgan fingerprint density at radius 3 is 2.62 bits per heavy atom. The molecule has 0 spiro atoms. The molecule has 29 heavy (non-hydrogen) atoms. The highest BCUT2D eigenvalue weighted by atomic mass is 16.5. The molecule has 3 rings (SSSR count). The first-order valence-electron chi connectivity index (χ1n) is 11.4. The molecule has 0 N–H and O–H groups in total. The second-order valence-electron chi connectivity index (χ2n) is 9.75. The van der Waals surface area contributed by atoms with Crippen LogP contribution in [0.25, 0.3) is 0 Å². The Morgan fingerprint density at radius 2 is 2.00 bits per heavy atom. The second kappa shape index (κ2) is 9.64. The van der Waals surface area contributed by atoms with Crippen molar-refractivity contribution in [3.8, 4) is 0 Å². The number of hydrogen-bond donors (Lipinski definition) is 0. The number of aromatic nitrogens is 2. The minimum absolute atomic E-state index is 0.0137. The number of hydrogen-bond acceptors (Lipinski definition) is 2. The van der Waals surface area contributed by atoms with Gasteiger partial charge in [0.2, 0.25) is 0 Å². The molecule has 4 nitrogen and oxygen atoms in total. The average Bonchev–Trinajstić information content (AvgIpc) is 3.00. The first-order chi connectivity index (χ1) is 13.8. The summed E-state index contributed by atoms with van der Waals surface area (Å²) >= 11 is 0. The molecular weight excluding hydrogens is 359 g/mol. The molecule has 158 valence electrons. The lowest BCUT2D eigenvalue weighted by molar-refractivity contribution is -0.653. The molecule has 0 unspecified atom stereocenters. The van der Waals surface area contributed by atoms with Gasteiger partial charge in [-0.2, -0.15) is 0 Å². The largest absolute Gasteiger partial charge is 0.464 e. The zero-order valence-electron chi connectivity index (χ0n) is 19.0.